The summed E-state index contributed by atoms with van der Waals surface area (Å²) in [7, 11) is 0. The van der Waals surface area contributed by atoms with Crippen LogP contribution in [0.2, 0.25) is 0 Å². The van der Waals surface area contributed by atoms with Crippen LogP contribution in [0.5, 0.6) is 0 Å². The number of nitrogens with zero attached hydrogens (tertiary/aromatic N) is 1. The summed E-state index contributed by atoms with van der Waals surface area (Å²) in [5, 5.41) is 9.70. The molecule has 6 rings (SSSR count). The molecule has 0 aliphatic rings. The van der Waals surface area contributed by atoms with Crippen molar-refractivity contribution in [2.75, 3.05) is 0 Å². The van der Waals surface area contributed by atoms with Crippen molar-refractivity contribution >= 4 is 54.2 Å². The van der Waals surface area contributed by atoms with Gasteiger partial charge in [-0.1, -0.05) is 42.5 Å². The summed E-state index contributed by atoms with van der Waals surface area (Å²) in [4.78, 5) is 4.53. The molecular formula is C23H13NO. The summed E-state index contributed by atoms with van der Waals surface area (Å²) in [5.41, 5.74) is 1.96. The quantitative estimate of drug-likeness (QED) is 0.301. The molecule has 6 aromatic rings. The van der Waals surface area contributed by atoms with Crippen LogP contribution in [-0.2, 0) is 0 Å². The fraction of sp³-hybridized carbons (Fsp3) is 0. The van der Waals surface area contributed by atoms with Crippen LogP contribution in [0.3, 0.4) is 0 Å². The van der Waals surface area contributed by atoms with Gasteiger partial charge in [0.15, 0.2) is 0 Å². The molecule has 25 heavy (non-hydrogen) atoms. The first-order chi connectivity index (χ1) is 12.4. The van der Waals surface area contributed by atoms with E-state index < -0.39 is 0 Å². The number of benzene rings is 4. The first kappa shape index (κ1) is 13.0. The number of aromatic nitrogens is 1. The molecule has 2 heteroatoms. The number of hydrogen-bond acceptors (Lipinski definition) is 2. The summed E-state index contributed by atoms with van der Waals surface area (Å²) in [5.74, 6) is 0. The standard InChI is InChI=1S/C23H13NO/c1-2-5-15-14(4-1)7-8-18-21(15)17-9-10-20-16(6-3-12-24-20)22(17)19-11-13-25-23(18)19/h1-13H. The van der Waals surface area contributed by atoms with Gasteiger partial charge in [0.05, 0.1) is 11.8 Å². The zero-order valence-corrected chi connectivity index (χ0v) is 13.4. The molecule has 2 heterocycles. The molecule has 0 spiro atoms. The van der Waals surface area contributed by atoms with Gasteiger partial charge in [-0.15, -0.1) is 0 Å². The van der Waals surface area contributed by atoms with Crippen LogP contribution >= 0.6 is 0 Å². The van der Waals surface area contributed by atoms with Gasteiger partial charge in [-0.25, -0.2) is 0 Å². The lowest BCUT2D eigenvalue weighted by molar-refractivity contribution is 0.619. The van der Waals surface area contributed by atoms with Crippen molar-refractivity contribution in [3.05, 3.63) is 79.2 Å². The van der Waals surface area contributed by atoms with Gasteiger partial charge < -0.3 is 4.42 Å². The van der Waals surface area contributed by atoms with Crippen molar-refractivity contribution in [2.24, 2.45) is 0 Å². The van der Waals surface area contributed by atoms with E-state index >= 15 is 0 Å². The monoisotopic (exact) mass is 319 g/mol. The van der Waals surface area contributed by atoms with Gasteiger partial charge in [0.25, 0.3) is 0 Å². The molecule has 0 saturated carbocycles. The fourth-order valence-corrected chi connectivity index (χ4v) is 4.12. The van der Waals surface area contributed by atoms with E-state index in [0.717, 1.165) is 21.9 Å². The number of hydrogen-bond donors (Lipinski definition) is 0. The smallest absolute Gasteiger partial charge is 0.142 e. The Morgan fingerprint density at radius 2 is 1.40 bits per heavy atom. The Morgan fingerprint density at radius 1 is 0.600 bits per heavy atom. The maximum absolute atomic E-state index is 5.92. The topological polar surface area (TPSA) is 26.0 Å². The lowest BCUT2D eigenvalue weighted by Gasteiger charge is -2.11. The van der Waals surface area contributed by atoms with Crippen LogP contribution in [0.1, 0.15) is 0 Å². The molecule has 0 bridgehead atoms. The highest BCUT2D eigenvalue weighted by molar-refractivity contribution is 6.34. The van der Waals surface area contributed by atoms with E-state index in [1.165, 1.54) is 32.3 Å². The first-order valence-electron chi connectivity index (χ1n) is 8.40. The fourth-order valence-electron chi connectivity index (χ4n) is 4.12. The molecule has 0 aliphatic carbocycles. The van der Waals surface area contributed by atoms with Crippen molar-refractivity contribution in [3.63, 3.8) is 0 Å². The highest BCUT2D eigenvalue weighted by Gasteiger charge is 2.15. The van der Waals surface area contributed by atoms with Crippen LogP contribution in [-0.4, -0.2) is 4.98 Å². The normalized spacial score (nSPS) is 12.0. The van der Waals surface area contributed by atoms with Crippen molar-refractivity contribution in [2.45, 2.75) is 0 Å². The Bertz CT molecular complexity index is 1440. The zero-order chi connectivity index (χ0) is 16.4. The molecule has 0 fully saturated rings. The number of fused-ring (bicyclic) bond motifs is 10. The predicted octanol–water partition coefficient (Wildman–Crippen LogP) is 6.44. The molecule has 0 radical (unpaired) electrons. The molecule has 2 nitrogen and oxygen atoms in total. The number of rotatable bonds is 0. The van der Waals surface area contributed by atoms with Crippen LogP contribution in [0.25, 0.3) is 54.2 Å². The average Bonchev–Trinajstić information content (AvgIpc) is 3.17. The summed E-state index contributed by atoms with van der Waals surface area (Å²) in [6.07, 6.45) is 3.63. The second-order valence-corrected chi connectivity index (χ2v) is 6.43. The predicted molar refractivity (Wildman–Crippen MR) is 104 cm³/mol. The van der Waals surface area contributed by atoms with E-state index in [4.69, 9.17) is 4.42 Å². The van der Waals surface area contributed by atoms with E-state index in [0.29, 0.717) is 0 Å². The molecule has 0 aliphatic heterocycles. The molecule has 0 N–H and O–H groups in total. The Balaban J connectivity index is 2.06. The number of pyridine rings is 1. The molecular weight excluding hydrogens is 306 g/mol. The van der Waals surface area contributed by atoms with Crippen LogP contribution in [0.15, 0.2) is 83.6 Å². The largest absolute Gasteiger partial charge is 0.464 e. The third-order valence-corrected chi connectivity index (χ3v) is 5.16. The summed E-state index contributed by atoms with van der Waals surface area (Å²) in [6.45, 7) is 0. The minimum absolute atomic E-state index is 0.949. The van der Waals surface area contributed by atoms with Crippen LogP contribution in [0.4, 0.5) is 0 Å². The van der Waals surface area contributed by atoms with Crippen molar-refractivity contribution in [1.29, 1.82) is 0 Å². The van der Waals surface area contributed by atoms with Crippen molar-refractivity contribution < 1.29 is 4.42 Å². The SMILES string of the molecule is c1ccc2c(c1)ccc1c3occc3c3c4cccnc4ccc3c21. The molecule has 2 aromatic heterocycles. The summed E-state index contributed by atoms with van der Waals surface area (Å²) in [6, 6.07) is 23.4. The minimum atomic E-state index is 0.949. The van der Waals surface area contributed by atoms with E-state index in [2.05, 4.69) is 65.6 Å². The van der Waals surface area contributed by atoms with E-state index in [1.54, 1.807) is 6.26 Å². The van der Waals surface area contributed by atoms with Gasteiger partial charge in [0.2, 0.25) is 0 Å². The first-order valence-corrected chi connectivity index (χ1v) is 8.40. The summed E-state index contributed by atoms with van der Waals surface area (Å²) < 4.78 is 5.92. The molecule has 0 saturated heterocycles. The lowest BCUT2D eigenvalue weighted by Crippen LogP contribution is -1.86. The van der Waals surface area contributed by atoms with Gasteiger partial charge in [0.1, 0.15) is 5.58 Å². The van der Waals surface area contributed by atoms with Gasteiger partial charge in [-0.05, 0) is 40.4 Å². The molecule has 0 amide bonds. The zero-order valence-electron chi connectivity index (χ0n) is 13.4. The third-order valence-electron chi connectivity index (χ3n) is 5.16. The maximum atomic E-state index is 5.92. The van der Waals surface area contributed by atoms with Gasteiger partial charge >= 0.3 is 0 Å². The van der Waals surface area contributed by atoms with E-state index in [1.807, 2.05) is 12.3 Å². The Hall–Kier alpha value is -3.39. The summed E-state index contributed by atoms with van der Waals surface area (Å²) >= 11 is 0. The Kier molecular flexibility index (Phi) is 2.37. The second kappa shape index (κ2) is 4.58. The lowest BCUT2D eigenvalue weighted by atomic mass is 9.92. The van der Waals surface area contributed by atoms with Gasteiger partial charge in [-0.2, -0.15) is 0 Å². The highest BCUT2D eigenvalue weighted by Crippen LogP contribution is 2.41. The van der Waals surface area contributed by atoms with Gasteiger partial charge in [0, 0.05) is 33.1 Å². The minimum Gasteiger partial charge on any atom is -0.464 e. The van der Waals surface area contributed by atoms with Crippen molar-refractivity contribution in [3.8, 4) is 0 Å². The Labute approximate surface area is 143 Å². The second-order valence-electron chi connectivity index (χ2n) is 6.43. The Morgan fingerprint density at radius 3 is 2.40 bits per heavy atom. The van der Waals surface area contributed by atoms with E-state index in [9.17, 15) is 0 Å². The molecule has 116 valence electrons. The van der Waals surface area contributed by atoms with Crippen molar-refractivity contribution in [1.82, 2.24) is 4.98 Å². The molecule has 0 unspecified atom stereocenters. The van der Waals surface area contributed by atoms with E-state index in [-0.39, 0.29) is 0 Å². The average molecular weight is 319 g/mol. The third kappa shape index (κ3) is 1.61. The molecule has 0 atom stereocenters. The maximum Gasteiger partial charge on any atom is 0.142 e. The van der Waals surface area contributed by atoms with Crippen LogP contribution < -0.4 is 0 Å². The molecule has 4 aromatic carbocycles. The van der Waals surface area contributed by atoms with Crippen LogP contribution in [0, 0.1) is 0 Å². The number of furan rings is 1. The van der Waals surface area contributed by atoms with Gasteiger partial charge in [-0.3, -0.25) is 4.98 Å². The highest BCUT2D eigenvalue weighted by atomic mass is 16.3.